The molecule has 1 saturated carbocycles. The fourth-order valence-electron chi connectivity index (χ4n) is 3.90. The molecule has 1 aromatic rings. The van der Waals surface area contributed by atoms with Crippen molar-refractivity contribution in [1.82, 2.24) is 10.2 Å². The molecule has 8 nitrogen and oxygen atoms in total. The number of carbonyl (C=O) groups is 2. The highest BCUT2D eigenvalue weighted by Gasteiger charge is 2.44. The van der Waals surface area contributed by atoms with Gasteiger partial charge in [0.1, 0.15) is 17.5 Å². The Morgan fingerprint density at radius 3 is 2.22 bits per heavy atom. The van der Waals surface area contributed by atoms with Gasteiger partial charge in [-0.15, -0.1) is 0 Å². The summed E-state index contributed by atoms with van der Waals surface area (Å²) in [5, 5.41) is 9.58. The van der Waals surface area contributed by atoms with E-state index in [1.807, 2.05) is 0 Å². The molecule has 1 amide bonds. The van der Waals surface area contributed by atoms with Gasteiger partial charge in [-0.25, -0.2) is 4.79 Å². The van der Waals surface area contributed by atoms with Gasteiger partial charge in [-0.3, -0.25) is 9.69 Å². The van der Waals surface area contributed by atoms with Crippen LogP contribution in [0.15, 0.2) is 18.2 Å². The lowest BCUT2D eigenvalue weighted by atomic mass is 9.97. The fourth-order valence-corrected chi connectivity index (χ4v) is 3.90. The molecule has 1 aromatic carbocycles. The molecule has 1 heterocycles. The first-order valence-electron chi connectivity index (χ1n) is 11.6. The number of hydrogen-bond donors (Lipinski definition) is 2. The highest BCUT2D eigenvalue weighted by atomic mass is 19.4. The van der Waals surface area contributed by atoms with Crippen LogP contribution in [0.4, 0.5) is 26.3 Å². The second-order valence-electron chi connectivity index (χ2n) is 8.46. The van der Waals surface area contributed by atoms with Crippen LogP contribution < -0.4 is 14.8 Å². The molecule has 1 saturated heterocycles. The number of rotatable bonds is 7. The van der Waals surface area contributed by atoms with E-state index in [0.29, 0.717) is 11.5 Å². The smallest absolute Gasteiger partial charge is 0.490 e. The Balaban J connectivity index is 0.000000604. The molecule has 1 atom stereocenters. The SMILES string of the molecule is COc1ccc(C(=O)NCC(N2CCOCC2)C(F)(F)F)c(OC2CCCCC2)c1.O=C(O)C(F)(F)F. The van der Waals surface area contributed by atoms with Crippen molar-refractivity contribution in [2.24, 2.45) is 0 Å². The van der Waals surface area contributed by atoms with Crippen molar-refractivity contribution in [3.8, 4) is 11.5 Å². The first-order valence-corrected chi connectivity index (χ1v) is 11.6. The lowest BCUT2D eigenvalue weighted by Gasteiger charge is -2.35. The third kappa shape index (κ3) is 9.91. The number of carboxylic acid groups (broad SMARTS) is 1. The maximum atomic E-state index is 13.6. The van der Waals surface area contributed by atoms with Crippen molar-refractivity contribution in [2.75, 3.05) is 40.0 Å². The molecule has 1 aliphatic heterocycles. The van der Waals surface area contributed by atoms with Crippen LogP contribution in [0.3, 0.4) is 0 Å². The quantitative estimate of drug-likeness (QED) is 0.501. The van der Waals surface area contributed by atoms with Gasteiger partial charge in [-0.2, -0.15) is 26.3 Å². The number of carboxylic acids is 1. The van der Waals surface area contributed by atoms with Crippen LogP contribution in [0, 0.1) is 0 Å². The van der Waals surface area contributed by atoms with E-state index in [0.717, 1.165) is 32.1 Å². The largest absolute Gasteiger partial charge is 0.497 e. The molecule has 0 bridgehead atoms. The summed E-state index contributed by atoms with van der Waals surface area (Å²) >= 11 is 0. The molecule has 0 aromatic heterocycles. The Hall–Kier alpha value is -2.74. The molecule has 2 aliphatic rings. The lowest BCUT2D eigenvalue weighted by molar-refractivity contribution is -0.192. The molecule has 1 unspecified atom stereocenters. The zero-order valence-corrected chi connectivity index (χ0v) is 20.2. The predicted molar refractivity (Wildman–Crippen MR) is 119 cm³/mol. The van der Waals surface area contributed by atoms with Gasteiger partial charge in [0.2, 0.25) is 0 Å². The molecule has 210 valence electrons. The number of methoxy groups -OCH3 is 1. The van der Waals surface area contributed by atoms with E-state index in [1.54, 1.807) is 12.1 Å². The van der Waals surface area contributed by atoms with Crippen molar-refractivity contribution in [1.29, 1.82) is 0 Å². The van der Waals surface area contributed by atoms with Crippen LogP contribution in [-0.4, -0.2) is 86.3 Å². The maximum Gasteiger partial charge on any atom is 0.490 e. The molecule has 37 heavy (non-hydrogen) atoms. The van der Waals surface area contributed by atoms with E-state index in [1.165, 1.54) is 18.1 Å². The molecule has 1 aliphatic carbocycles. The van der Waals surface area contributed by atoms with Crippen molar-refractivity contribution in [3.63, 3.8) is 0 Å². The molecule has 2 fully saturated rings. The second-order valence-corrected chi connectivity index (χ2v) is 8.46. The van der Waals surface area contributed by atoms with Gasteiger partial charge in [-0.05, 0) is 37.8 Å². The Morgan fingerprint density at radius 2 is 1.70 bits per heavy atom. The van der Waals surface area contributed by atoms with Gasteiger partial charge in [0.05, 0.1) is 32.0 Å². The Kier molecular flexibility index (Phi) is 11.3. The zero-order chi connectivity index (χ0) is 27.6. The number of alkyl halides is 6. The highest BCUT2D eigenvalue weighted by Crippen LogP contribution is 2.30. The molecule has 3 rings (SSSR count). The van der Waals surface area contributed by atoms with Gasteiger partial charge >= 0.3 is 18.3 Å². The summed E-state index contributed by atoms with van der Waals surface area (Å²) in [4.78, 5) is 23.0. The first-order chi connectivity index (χ1) is 17.3. The average molecular weight is 544 g/mol. The topological polar surface area (TPSA) is 97.3 Å². The Morgan fingerprint density at radius 1 is 1.11 bits per heavy atom. The molecule has 0 spiro atoms. The average Bonchev–Trinajstić information content (AvgIpc) is 2.84. The summed E-state index contributed by atoms with van der Waals surface area (Å²) < 4.78 is 88.9. The Labute approximate surface area is 209 Å². The van der Waals surface area contributed by atoms with E-state index >= 15 is 0 Å². The molecular formula is C23H30F6N2O6. The number of nitrogens with zero attached hydrogens (tertiary/aromatic N) is 1. The van der Waals surface area contributed by atoms with Gasteiger partial charge in [-0.1, -0.05) is 6.42 Å². The van der Waals surface area contributed by atoms with Crippen molar-refractivity contribution in [3.05, 3.63) is 23.8 Å². The third-order valence-electron chi connectivity index (χ3n) is 5.84. The van der Waals surface area contributed by atoms with Gasteiger partial charge in [0.25, 0.3) is 5.91 Å². The predicted octanol–water partition coefficient (Wildman–Crippen LogP) is 4.03. The van der Waals surface area contributed by atoms with Crippen LogP contribution in [0.1, 0.15) is 42.5 Å². The van der Waals surface area contributed by atoms with E-state index in [4.69, 9.17) is 24.1 Å². The second kappa shape index (κ2) is 13.7. The minimum absolute atomic E-state index is 0.00585. The van der Waals surface area contributed by atoms with Gasteiger partial charge < -0.3 is 24.6 Å². The van der Waals surface area contributed by atoms with E-state index in [9.17, 15) is 31.1 Å². The first kappa shape index (κ1) is 30.5. The van der Waals surface area contributed by atoms with Gasteiger partial charge in [0, 0.05) is 25.7 Å². The summed E-state index contributed by atoms with van der Waals surface area (Å²) in [6.45, 7) is 0.325. The fraction of sp³-hybridized carbons (Fsp3) is 0.652. The number of benzene rings is 1. The van der Waals surface area contributed by atoms with Gasteiger partial charge in [0.15, 0.2) is 0 Å². The summed E-state index contributed by atoms with van der Waals surface area (Å²) in [7, 11) is 1.51. The lowest BCUT2D eigenvalue weighted by Crippen LogP contribution is -2.55. The van der Waals surface area contributed by atoms with E-state index in [-0.39, 0.29) is 38.0 Å². The number of halogens is 6. The Bertz CT molecular complexity index is 883. The third-order valence-corrected chi connectivity index (χ3v) is 5.84. The summed E-state index contributed by atoms with van der Waals surface area (Å²) in [6, 6.07) is 2.99. The van der Waals surface area contributed by atoms with Crippen LogP contribution in [0.25, 0.3) is 0 Å². The minimum atomic E-state index is -5.08. The zero-order valence-electron chi connectivity index (χ0n) is 20.2. The van der Waals surface area contributed by atoms with Crippen molar-refractivity contribution >= 4 is 11.9 Å². The summed E-state index contributed by atoms with van der Waals surface area (Å²) in [6.07, 6.45) is -4.48. The minimum Gasteiger partial charge on any atom is -0.497 e. The van der Waals surface area contributed by atoms with Crippen molar-refractivity contribution in [2.45, 2.75) is 56.6 Å². The summed E-state index contributed by atoms with van der Waals surface area (Å²) in [5.74, 6) is -2.48. The molecule has 14 heteroatoms. The van der Waals surface area contributed by atoms with Crippen LogP contribution in [-0.2, 0) is 9.53 Å². The normalized spacial score (nSPS) is 18.2. The van der Waals surface area contributed by atoms with Crippen LogP contribution in [0.2, 0.25) is 0 Å². The number of hydrogen-bond acceptors (Lipinski definition) is 6. The number of nitrogens with one attached hydrogen (secondary N) is 1. The molecular weight excluding hydrogens is 514 g/mol. The number of aliphatic carboxylic acids is 1. The van der Waals surface area contributed by atoms with Crippen molar-refractivity contribution < 1.29 is 55.2 Å². The summed E-state index contributed by atoms with van der Waals surface area (Å²) in [5.41, 5.74) is 0.212. The number of amides is 1. The maximum absolute atomic E-state index is 13.6. The number of ether oxygens (including phenoxy) is 3. The van der Waals surface area contributed by atoms with E-state index in [2.05, 4.69) is 5.32 Å². The van der Waals surface area contributed by atoms with Crippen LogP contribution in [0.5, 0.6) is 11.5 Å². The number of morpholine rings is 1. The monoisotopic (exact) mass is 544 g/mol. The molecule has 2 N–H and O–H groups in total. The highest BCUT2D eigenvalue weighted by molar-refractivity contribution is 5.97. The van der Waals surface area contributed by atoms with Crippen LogP contribution >= 0.6 is 0 Å². The standard InChI is InChI=1S/C21H29F3N2O4.C2HF3O2/c1-28-16-7-8-17(18(13-16)30-15-5-3-2-4-6-15)20(27)25-14-19(21(22,23)24)26-9-11-29-12-10-26;3-2(4,5)1(6)7/h7-8,13,15,19H,2-6,9-12,14H2,1H3,(H,25,27);(H,6,7). The number of carbonyl (C=O) groups excluding carboxylic acids is 1. The molecule has 0 radical (unpaired) electrons. The van der Waals surface area contributed by atoms with E-state index < -0.39 is 36.8 Å².